The van der Waals surface area contributed by atoms with E-state index < -0.39 is 7.92 Å². The molecule has 3 rings (SSSR count). The van der Waals surface area contributed by atoms with E-state index in [-0.39, 0.29) is 0 Å². The van der Waals surface area contributed by atoms with Crippen molar-refractivity contribution in [3.63, 3.8) is 0 Å². The van der Waals surface area contributed by atoms with Crippen LogP contribution in [0.5, 0.6) is 0 Å². The van der Waals surface area contributed by atoms with Crippen LogP contribution in [-0.4, -0.2) is 76.9 Å². The number of rotatable bonds is 9. The van der Waals surface area contributed by atoms with Gasteiger partial charge in [-0.2, -0.15) is 0 Å². The van der Waals surface area contributed by atoms with Crippen LogP contribution < -0.4 is 15.9 Å². The molecule has 182 valence electrons. The SMILES string of the molecule is C[N+](C)(C)Cc1ccc(P(c2ccc(C[N+](C)(C)C)cc2)c2ccc(C[N+](C)(C)C)cc2)cc1. The van der Waals surface area contributed by atoms with Crippen LogP contribution in [0, 0.1) is 0 Å². The van der Waals surface area contributed by atoms with E-state index in [4.69, 9.17) is 0 Å². The minimum atomic E-state index is -0.598. The van der Waals surface area contributed by atoms with E-state index in [1.165, 1.54) is 32.6 Å². The molecule has 0 aliphatic rings. The number of nitrogens with zero attached hydrogens (tertiary/aromatic N) is 3. The first kappa shape index (κ1) is 26.6. The number of benzene rings is 3. The molecule has 3 nitrogen and oxygen atoms in total. The lowest BCUT2D eigenvalue weighted by atomic mass is 10.2. The Bertz CT molecular complexity index is 908. The predicted molar refractivity (Wildman–Crippen MR) is 150 cm³/mol. The van der Waals surface area contributed by atoms with Gasteiger partial charge in [0.05, 0.1) is 63.4 Å². The summed E-state index contributed by atoms with van der Waals surface area (Å²) < 4.78 is 2.82. The highest BCUT2D eigenvalue weighted by molar-refractivity contribution is 7.79. The molecule has 0 saturated carbocycles. The molecule has 0 atom stereocenters. The molecule has 0 aliphatic heterocycles. The lowest BCUT2D eigenvalue weighted by Crippen LogP contribution is -2.33. The van der Waals surface area contributed by atoms with Gasteiger partial charge in [-0.25, -0.2) is 0 Å². The summed E-state index contributed by atoms with van der Waals surface area (Å²) in [6.45, 7) is 3.12. The molecule has 3 aromatic rings. The fourth-order valence-corrected chi connectivity index (χ4v) is 6.58. The molecule has 0 aliphatic carbocycles. The Hall–Kier alpha value is -2.03. The van der Waals surface area contributed by atoms with Gasteiger partial charge in [0.15, 0.2) is 0 Å². The summed E-state index contributed by atoms with van der Waals surface area (Å²) in [7, 11) is 19.6. The van der Waals surface area contributed by atoms with Crippen molar-refractivity contribution >= 4 is 23.8 Å². The average molecular weight is 479 g/mol. The van der Waals surface area contributed by atoms with Crippen molar-refractivity contribution in [2.75, 3.05) is 63.4 Å². The van der Waals surface area contributed by atoms with Crippen molar-refractivity contribution in [3.8, 4) is 0 Å². The standard InChI is InChI=1S/C30H45N3P/c1-31(2,3)22-25-10-16-28(17-11-25)34(29-18-12-26(13-19-29)23-32(4,5)6)30-20-14-27(15-21-30)24-33(7,8)9/h10-21H,22-24H2,1-9H3/q+3. The predicted octanol–water partition coefficient (Wildman–Crippen LogP) is 4.06. The number of hydrogen-bond acceptors (Lipinski definition) is 0. The van der Waals surface area contributed by atoms with Crippen LogP contribution in [-0.2, 0) is 19.6 Å². The minimum Gasteiger partial charge on any atom is -0.327 e. The Kier molecular flexibility index (Phi) is 8.05. The molecular formula is C30H45N3P+3. The smallest absolute Gasteiger partial charge is 0.104 e. The summed E-state index contributed by atoms with van der Waals surface area (Å²) in [5.41, 5.74) is 4.17. The quantitative estimate of drug-likeness (QED) is 0.321. The maximum atomic E-state index is 2.36. The van der Waals surface area contributed by atoms with Crippen LogP contribution in [0.15, 0.2) is 72.8 Å². The van der Waals surface area contributed by atoms with Gasteiger partial charge in [0.25, 0.3) is 0 Å². The Morgan fingerprint density at radius 3 is 0.765 bits per heavy atom. The molecule has 34 heavy (non-hydrogen) atoms. The van der Waals surface area contributed by atoms with Gasteiger partial charge in [-0.1, -0.05) is 72.8 Å². The lowest BCUT2D eigenvalue weighted by Gasteiger charge is -2.26. The molecule has 0 N–H and O–H groups in total. The first-order valence-electron chi connectivity index (χ1n) is 12.2. The van der Waals surface area contributed by atoms with E-state index in [9.17, 15) is 0 Å². The van der Waals surface area contributed by atoms with Gasteiger partial charge in [0.2, 0.25) is 0 Å². The zero-order valence-corrected chi connectivity index (χ0v) is 23.7. The molecule has 0 saturated heterocycles. The van der Waals surface area contributed by atoms with E-state index in [1.54, 1.807) is 0 Å². The monoisotopic (exact) mass is 478 g/mol. The average Bonchev–Trinajstić information content (AvgIpc) is 2.69. The molecule has 0 fully saturated rings. The normalized spacial score (nSPS) is 12.9. The van der Waals surface area contributed by atoms with Crippen LogP contribution in [0.2, 0.25) is 0 Å². The molecular weight excluding hydrogens is 433 g/mol. The number of hydrogen-bond donors (Lipinski definition) is 0. The highest BCUT2D eigenvalue weighted by Crippen LogP contribution is 2.33. The summed E-state index contributed by atoms with van der Waals surface area (Å²) in [4.78, 5) is 0. The zero-order chi connectivity index (χ0) is 25.1. The third-order valence-corrected chi connectivity index (χ3v) is 8.00. The van der Waals surface area contributed by atoms with Gasteiger partial charge >= 0.3 is 0 Å². The molecule has 0 unspecified atom stereocenters. The second-order valence-electron chi connectivity index (χ2n) is 12.7. The third kappa shape index (κ3) is 8.32. The van der Waals surface area contributed by atoms with Gasteiger partial charge in [-0.05, 0) is 23.8 Å². The first-order chi connectivity index (χ1) is 15.7. The molecule has 4 heteroatoms. The molecule has 0 bridgehead atoms. The maximum Gasteiger partial charge on any atom is 0.104 e. The summed E-state index contributed by atoms with van der Waals surface area (Å²) in [6.07, 6.45) is 0. The van der Waals surface area contributed by atoms with Crippen LogP contribution in [0.25, 0.3) is 0 Å². The summed E-state index contributed by atoms with van der Waals surface area (Å²) in [5.74, 6) is 0. The van der Waals surface area contributed by atoms with E-state index >= 15 is 0 Å². The Balaban J connectivity index is 1.97. The Morgan fingerprint density at radius 1 is 0.382 bits per heavy atom. The second-order valence-corrected chi connectivity index (χ2v) is 14.9. The van der Waals surface area contributed by atoms with Gasteiger partial charge in [0.1, 0.15) is 19.6 Å². The van der Waals surface area contributed by atoms with Crippen LogP contribution in [0.4, 0.5) is 0 Å². The minimum absolute atomic E-state index is 0.598. The fourth-order valence-electron chi connectivity index (χ4n) is 4.34. The lowest BCUT2D eigenvalue weighted by molar-refractivity contribution is -0.884. The van der Waals surface area contributed by atoms with Gasteiger partial charge < -0.3 is 13.4 Å². The van der Waals surface area contributed by atoms with Crippen molar-refractivity contribution in [3.05, 3.63) is 89.5 Å². The van der Waals surface area contributed by atoms with E-state index in [0.717, 1.165) is 33.1 Å². The Labute approximate surface area is 209 Å². The van der Waals surface area contributed by atoms with E-state index in [2.05, 4.69) is 136 Å². The van der Waals surface area contributed by atoms with Crippen LogP contribution in [0.3, 0.4) is 0 Å². The van der Waals surface area contributed by atoms with Gasteiger partial charge in [0, 0.05) is 16.7 Å². The maximum absolute atomic E-state index is 2.36. The van der Waals surface area contributed by atoms with Gasteiger partial charge in [-0.3, -0.25) is 0 Å². The third-order valence-electron chi connectivity index (χ3n) is 5.55. The molecule has 0 amide bonds. The molecule has 0 heterocycles. The van der Waals surface area contributed by atoms with Gasteiger partial charge in [-0.15, -0.1) is 0 Å². The first-order valence-corrected chi connectivity index (χ1v) is 13.5. The van der Waals surface area contributed by atoms with Crippen molar-refractivity contribution in [1.82, 2.24) is 0 Å². The summed E-state index contributed by atoms with van der Waals surface area (Å²) in [5, 5.41) is 4.25. The topological polar surface area (TPSA) is 0 Å². The van der Waals surface area contributed by atoms with Crippen molar-refractivity contribution in [2.24, 2.45) is 0 Å². The van der Waals surface area contributed by atoms with Crippen molar-refractivity contribution in [1.29, 1.82) is 0 Å². The van der Waals surface area contributed by atoms with Crippen LogP contribution >= 0.6 is 7.92 Å². The highest BCUT2D eigenvalue weighted by Gasteiger charge is 2.19. The second kappa shape index (κ2) is 10.3. The highest BCUT2D eigenvalue weighted by atomic mass is 31.1. The van der Waals surface area contributed by atoms with Crippen molar-refractivity contribution < 1.29 is 13.4 Å². The zero-order valence-electron chi connectivity index (χ0n) is 22.8. The van der Waals surface area contributed by atoms with Crippen molar-refractivity contribution in [2.45, 2.75) is 19.6 Å². The molecule has 0 spiro atoms. The molecule has 0 aromatic heterocycles. The number of quaternary nitrogens is 3. The van der Waals surface area contributed by atoms with Crippen LogP contribution in [0.1, 0.15) is 16.7 Å². The largest absolute Gasteiger partial charge is 0.327 e. The summed E-state index contributed by atoms with van der Waals surface area (Å²) in [6, 6.07) is 28.1. The van der Waals surface area contributed by atoms with E-state index in [0.29, 0.717) is 0 Å². The molecule has 0 radical (unpaired) electrons. The fraction of sp³-hybridized carbons (Fsp3) is 0.400. The summed E-state index contributed by atoms with van der Waals surface area (Å²) >= 11 is 0. The van der Waals surface area contributed by atoms with E-state index in [1.807, 2.05) is 0 Å². The molecule has 3 aromatic carbocycles. The Morgan fingerprint density at radius 2 is 0.588 bits per heavy atom.